The standard InChI is InChI=1S/C15H24N4/c1-11(16)8-12-9-17-15(18-10-12)19-7-3-5-13-4-2-6-14(13)19/h9-11,13-14H,2-8,16H2,1H3. The van der Waals surface area contributed by atoms with Crippen LogP contribution in [-0.4, -0.2) is 28.6 Å². The summed E-state index contributed by atoms with van der Waals surface area (Å²) in [5.74, 6) is 1.80. The average molecular weight is 260 g/mol. The molecule has 1 aromatic rings. The second-order valence-electron chi connectivity index (χ2n) is 6.17. The molecule has 1 aliphatic carbocycles. The van der Waals surface area contributed by atoms with Gasteiger partial charge in [0.2, 0.25) is 5.95 Å². The third-order valence-corrected chi connectivity index (χ3v) is 4.50. The summed E-state index contributed by atoms with van der Waals surface area (Å²) in [4.78, 5) is 11.6. The second-order valence-corrected chi connectivity index (χ2v) is 6.17. The molecule has 2 fully saturated rings. The molecule has 3 rings (SSSR count). The van der Waals surface area contributed by atoms with Gasteiger partial charge in [0.05, 0.1) is 0 Å². The minimum Gasteiger partial charge on any atom is -0.338 e. The van der Waals surface area contributed by atoms with Gasteiger partial charge in [-0.1, -0.05) is 6.42 Å². The highest BCUT2D eigenvalue weighted by atomic mass is 15.3. The average Bonchev–Trinajstić information content (AvgIpc) is 2.87. The van der Waals surface area contributed by atoms with E-state index in [0.717, 1.165) is 30.4 Å². The number of hydrogen-bond donors (Lipinski definition) is 1. The highest BCUT2D eigenvalue weighted by Gasteiger charge is 2.35. The fraction of sp³-hybridized carbons (Fsp3) is 0.733. The van der Waals surface area contributed by atoms with Gasteiger partial charge in [-0.05, 0) is 50.5 Å². The first-order valence-corrected chi connectivity index (χ1v) is 7.57. The second kappa shape index (κ2) is 5.45. The molecular weight excluding hydrogens is 236 g/mol. The Kier molecular flexibility index (Phi) is 3.69. The number of hydrogen-bond acceptors (Lipinski definition) is 4. The van der Waals surface area contributed by atoms with Gasteiger partial charge in [-0.3, -0.25) is 0 Å². The monoisotopic (exact) mass is 260 g/mol. The number of nitrogens with zero attached hydrogens (tertiary/aromatic N) is 3. The lowest BCUT2D eigenvalue weighted by Gasteiger charge is -2.37. The van der Waals surface area contributed by atoms with Crippen molar-refractivity contribution in [1.82, 2.24) is 9.97 Å². The molecule has 2 N–H and O–H groups in total. The Bertz CT molecular complexity index is 415. The third kappa shape index (κ3) is 2.73. The summed E-state index contributed by atoms with van der Waals surface area (Å²) in [6.07, 6.45) is 11.5. The van der Waals surface area contributed by atoms with E-state index >= 15 is 0 Å². The van der Waals surface area contributed by atoms with Crippen LogP contribution in [0.3, 0.4) is 0 Å². The van der Waals surface area contributed by atoms with Gasteiger partial charge in [0.1, 0.15) is 0 Å². The molecule has 0 spiro atoms. The summed E-state index contributed by atoms with van der Waals surface area (Å²) in [7, 11) is 0. The van der Waals surface area contributed by atoms with Crippen molar-refractivity contribution in [3.63, 3.8) is 0 Å². The van der Waals surface area contributed by atoms with Crippen LogP contribution in [0.25, 0.3) is 0 Å². The van der Waals surface area contributed by atoms with Crippen LogP contribution in [-0.2, 0) is 6.42 Å². The molecular formula is C15H24N4. The Balaban J connectivity index is 1.74. The van der Waals surface area contributed by atoms with Crippen molar-refractivity contribution < 1.29 is 0 Å². The largest absolute Gasteiger partial charge is 0.338 e. The van der Waals surface area contributed by atoms with E-state index in [0.29, 0.717) is 6.04 Å². The van der Waals surface area contributed by atoms with Gasteiger partial charge in [-0.15, -0.1) is 0 Å². The SMILES string of the molecule is CC(N)Cc1cnc(N2CCCC3CCCC32)nc1. The van der Waals surface area contributed by atoms with Crippen LogP contribution in [0.5, 0.6) is 0 Å². The van der Waals surface area contributed by atoms with Crippen molar-refractivity contribution in [2.45, 2.75) is 57.5 Å². The van der Waals surface area contributed by atoms with Crippen molar-refractivity contribution in [2.24, 2.45) is 11.7 Å². The molecule has 1 saturated heterocycles. The summed E-state index contributed by atoms with van der Waals surface area (Å²) in [6, 6.07) is 0.858. The molecule has 3 unspecified atom stereocenters. The summed E-state index contributed by atoms with van der Waals surface area (Å²) >= 11 is 0. The fourth-order valence-corrected chi connectivity index (χ4v) is 3.68. The van der Waals surface area contributed by atoms with Crippen molar-refractivity contribution in [1.29, 1.82) is 0 Å². The molecule has 0 aromatic carbocycles. The number of anilines is 1. The molecule has 1 aliphatic heterocycles. The van der Waals surface area contributed by atoms with E-state index in [1.54, 1.807) is 0 Å². The Morgan fingerprint density at radius 1 is 1.26 bits per heavy atom. The van der Waals surface area contributed by atoms with E-state index in [4.69, 9.17) is 5.73 Å². The lowest BCUT2D eigenvalue weighted by atomic mass is 9.92. The van der Waals surface area contributed by atoms with E-state index < -0.39 is 0 Å². The first kappa shape index (κ1) is 12.9. The van der Waals surface area contributed by atoms with Crippen molar-refractivity contribution in [3.8, 4) is 0 Å². The zero-order valence-corrected chi connectivity index (χ0v) is 11.8. The lowest BCUT2D eigenvalue weighted by molar-refractivity contribution is 0.358. The zero-order chi connectivity index (χ0) is 13.2. The molecule has 19 heavy (non-hydrogen) atoms. The molecule has 4 nitrogen and oxygen atoms in total. The number of aromatic nitrogens is 2. The van der Waals surface area contributed by atoms with E-state index in [-0.39, 0.29) is 6.04 Å². The van der Waals surface area contributed by atoms with Gasteiger partial charge < -0.3 is 10.6 Å². The van der Waals surface area contributed by atoms with E-state index in [9.17, 15) is 0 Å². The predicted octanol–water partition coefficient (Wildman–Crippen LogP) is 2.14. The highest BCUT2D eigenvalue weighted by molar-refractivity contribution is 5.33. The molecule has 3 atom stereocenters. The zero-order valence-electron chi connectivity index (χ0n) is 11.8. The van der Waals surface area contributed by atoms with E-state index in [2.05, 4.69) is 14.9 Å². The molecule has 2 aliphatic rings. The summed E-state index contributed by atoms with van der Waals surface area (Å²) in [5, 5.41) is 0. The van der Waals surface area contributed by atoms with Gasteiger partial charge in [-0.25, -0.2) is 9.97 Å². The quantitative estimate of drug-likeness (QED) is 0.904. The fourth-order valence-electron chi connectivity index (χ4n) is 3.68. The Morgan fingerprint density at radius 3 is 2.74 bits per heavy atom. The maximum Gasteiger partial charge on any atom is 0.225 e. The highest BCUT2D eigenvalue weighted by Crippen LogP contribution is 2.37. The van der Waals surface area contributed by atoms with Gasteiger partial charge in [-0.2, -0.15) is 0 Å². The Morgan fingerprint density at radius 2 is 2.00 bits per heavy atom. The van der Waals surface area contributed by atoms with Crippen molar-refractivity contribution in [3.05, 3.63) is 18.0 Å². The topological polar surface area (TPSA) is 55.0 Å². The number of nitrogens with two attached hydrogens (primary N) is 1. The molecule has 4 heteroatoms. The molecule has 0 amide bonds. The van der Waals surface area contributed by atoms with E-state index in [1.165, 1.54) is 32.1 Å². The minimum atomic E-state index is 0.170. The normalized spacial score (nSPS) is 28.2. The molecule has 1 aromatic heterocycles. The first-order valence-electron chi connectivity index (χ1n) is 7.57. The smallest absolute Gasteiger partial charge is 0.225 e. The molecule has 104 valence electrons. The van der Waals surface area contributed by atoms with Crippen LogP contribution in [0.1, 0.15) is 44.6 Å². The van der Waals surface area contributed by atoms with Crippen molar-refractivity contribution in [2.75, 3.05) is 11.4 Å². The van der Waals surface area contributed by atoms with Crippen LogP contribution in [0.4, 0.5) is 5.95 Å². The summed E-state index contributed by atoms with van der Waals surface area (Å²) in [6.45, 7) is 3.13. The maximum absolute atomic E-state index is 5.81. The Labute approximate surface area is 115 Å². The van der Waals surface area contributed by atoms with Gasteiger partial charge in [0, 0.05) is 31.0 Å². The predicted molar refractivity (Wildman–Crippen MR) is 77.1 cm³/mol. The molecule has 0 bridgehead atoms. The molecule has 0 radical (unpaired) electrons. The number of rotatable bonds is 3. The minimum absolute atomic E-state index is 0.170. The summed E-state index contributed by atoms with van der Waals surface area (Å²) < 4.78 is 0. The maximum atomic E-state index is 5.81. The number of fused-ring (bicyclic) bond motifs is 1. The van der Waals surface area contributed by atoms with Crippen LogP contribution in [0.2, 0.25) is 0 Å². The molecule has 2 heterocycles. The number of piperidine rings is 1. The van der Waals surface area contributed by atoms with E-state index in [1.807, 2.05) is 19.3 Å². The van der Waals surface area contributed by atoms with Crippen LogP contribution >= 0.6 is 0 Å². The van der Waals surface area contributed by atoms with Gasteiger partial charge in [0.25, 0.3) is 0 Å². The molecule has 1 saturated carbocycles. The third-order valence-electron chi connectivity index (χ3n) is 4.50. The van der Waals surface area contributed by atoms with Crippen LogP contribution in [0.15, 0.2) is 12.4 Å². The Hall–Kier alpha value is -1.16. The van der Waals surface area contributed by atoms with Gasteiger partial charge >= 0.3 is 0 Å². The van der Waals surface area contributed by atoms with Crippen molar-refractivity contribution >= 4 is 5.95 Å². The van der Waals surface area contributed by atoms with Gasteiger partial charge in [0.15, 0.2) is 0 Å². The first-order chi connectivity index (χ1) is 9.24. The summed E-state index contributed by atoms with van der Waals surface area (Å²) in [5.41, 5.74) is 6.95. The van der Waals surface area contributed by atoms with Crippen LogP contribution < -0.4 is 10.6 Å². The van der Waals surface area contributed by atoms with Crippen LogP contribution in [0, 0.1) is 5.92 Å². The lowest BCUT2D eigenvalue weighted by Crippen LogP contribution is -2.43.